The zero-order valence-corrected chi connectivity index (χ0v) is 11.1. The van der Waals surface area contributed by atoms with E-state index in [0.717, 1.165) is 11.4 Å². The maximum absolute atomic E-state index is 6.12. The van der Waals surface area contributed by atoms with Gasteiger partial charge in [-0.25, -0.2) is 0 Å². The van der Waals surface area contributed by atoms with E-state index in [-0.39, 0.29) is 6.04 Å². The Balaban J connectivity index is 2.01. The average Bonchev–Trinajstić information content (AvgIpc) is 2.67. The molecule has 2 N–H and O–H groups in total. The van der Waals surface area contributed by atoms with Gasteiger partial charge in [0.2, 0.25) is 0 Å². The van der Waals surface area contributed by atoms with Gasteiger partial charge in [-0.3, -0.25) is 4.68 Å². The number of benzene rings is 1. The number of hydrogen-bond acceptors (Lipinski definition) is 3. The van der Waals surface area contributed by atoms with E-state index in [1.54, 1.807) is 22.6 Å². The number of nitrogens with zero attached hydrogens (tertiary/aromatic N) is 2. The van der Waals surface area contributed by atoms with Gasteiger partial charge in [-0.15, -0.1) is 11.8 Å². The Kier molecular flexibility index (Phi) is 4.10. The number of nitrogens with two attached hydrogens (primary N) is 1. The van der Waals surface area contributed by atoms with Gasteiger partial charge in [0.25, 0.3) is 0 Å². The Bertz CT molecular complexity index is 464. The second-order valence-corrected chi connectivity index (χ2v) is 5.23. The fourth-order valence-electron chi connectivity index (χ4n) is 1.62. The van der Waals surface area contributed by atoms with Crippen molar-refractivity contribution in [1.82, 2.24) is 9.78 Å². The van der Waals surface area contributed by atoms with Gasteiger partial charge in [0.15, 0.2) is 0 Å². The predicted molar refractivity (Wildman–Crippen MR) is 72.3 cm³/mol. The smallest absolute Gasteiger partial charge is 0.0834 e. The lowest BCUT2D eigenvalue weighted by Crippen LogP contribution is -2.17. The maximum Gasteiger partial charge on any atom is 0.0834 e. The molecule has 0 fully saturated rings. The molecule has 5 heteroatoms. The number of hydrogen-bond donors (Lipinski definition) is 1. The fraction of sp³-hybridized carbons (Fsp3) is 0.250. The van der Waals surface area contributed by atoms with Crippen molar-refractivity contribution in [3.63, 3.8) is 0 Å². The van der Waals surface area contributed by atoms with Crippen molar-refractivity contribution in [3.8, 4) is 0 Å². The first kappa shape index (κ1) is 12.5. The van der Waals surface area contributed by atoms with Crippen LogP contribution >= 0.6 is 23.4 Å². The zero-order valence-electron chi connectivity index (χ0n) is 9.51. The minimum Gasteiger partial charge on any atom is -0.322 e. The average molecular weight is 268 g/mol. The fourth-order valence-corrected chi connectivity index (χ4v) is 2.80. The Morgan fingerprint density at radius 2 is 2.12 bits per heavy atom. The van der Waals surface area contributed by atoms with Gasteiger partial charge in [0.05, 0.1) is 23.0 Å². The van der Waals surface area contributed by atoms with Crippen LogP contribution in [0.4, 0.5) is 0 Å². The molecule has 2 aromatic rings. The molecule has 0 saturated carbocycles. The Hall–Kier alpha value is -0.970. The number of halogens is 1. The van der Waals surface area contributed by atoms with Crippen molar-refractivity contribution < 1.29 is 0 Å². The van der Waals surface area contributed by atoms with Crippen LogP contribution in [0.3, 0.4) is 0 Å². The molecule has 1 unspecified atom stereocenters. The molecule has 0 bridgehead atoms. The Morgan fingerprint density at radius 1 is 1.41 bits per heavy atom. The molecule has 0 amide bonds. The van der Waals surface area contributed by atoms with Crippen LogP contribution in [0.15, 0.2) is 41.4 Å². The molecule has 3 nitrogen and oxygen atoms in total. The standard InChI is InChI=1S/C12H14ClN3S/c1-16-12(10(13)7-15-16)11(14)8-17-9-5-3-2-4-6-9/h2-7,11H,8,14H2,1H3. The molecule has 1 aromatic heterocycles. The maximum atomic E-state index is 6.12. The lowest BCUT2D eigenvalue weighted by Gasteiger charge is -2.12. The monoisotopic (exact) mass is 267 g/mol. The molecule has 17 heavy (non-hydrogen) atoms. The summed E-state index contributed by atoms with van der Waals surface area (Å²) in [6, 6.07) is 10.1. The Labute approximate surface area is 110 Å². The summed E-state index contributed by atoms with van der Waals surface area (Å²) >= 11 is 7.77. The highest BCUT2D eigenvalue weighted by Crippen LogP contribution is 2.26. The number of aromatic nitrogens is 2. The molecule has 1 atom stereocenters. The molecule has 0 aliphatic heterocycles. The summed E-state index contributed by atoms with van der Waals surface area (Å²) in [6.45, 7) is 0. The summed E-state index contributed by atoms with van der Waals surface area (Å²) in [5.41, 5.74) is 7.01. The minimum absolute atomic E-state index is 0.111. The highest BCUT2D eigenvalue weighted by molar-refractivity contribution is 7.99. The van der Waals surface area contributed by atoms with Gasteiger partial charge in [0, 0.05) is 17.7 Å². The van der Waals surface area contributed by atoms with Crippen molar-refractivity contribution in [3.05, 3.63) is 47.2 Å². The summed E-state index contributed by atoms with van der Waals surface area (Å²) in [5.74, 6) is 0.781. The third kappa shape index (κ3) is 3.03. The quantitative estimate of drug-likeness (QED) is 0.867. The van der Waals surface area contributed by atoms with Gasteiger partial charge in [0.1, 0.15) is 0 Å². The summed E-state index contributed by atoms with van der Waals surface area (Å²) in [4.78, 5) is 1.21. The highest BCUT2D eigenvalue weighted by atomic mass is 35.5. The Morgan fingerprint density at radius 3 is 2.71 bits per heavy atom. The van der Waals surface area contributed by atoms with Gasteiger partial charge >= 0.3 is 0 Å². The second-order valence-electron chi connectivity index (χ2n) is 3.73. The lowest BCUT2D eigenvalue weighted by molar-refractivity contribution is 0.659. The van der Waals surface area contributed by atoms with E-state index in [2.05, 4.69) is 17.2 Å². The number of thioether (sulfide) groups is 1. The van der Waals surface area contributed by atoms with E-state index in [0.29, 0.717) is 5.02 Å². The first-order valence-electron chi connectivity index (χ1n) is 5.29. The van der Waals surface area contributed by atoms with Gasteiger partial charge in [-0.1, -0.05) is 29.8 Å². The van der Waals surface area contributed by atoms with E-state index < -0.39 is 0 Å². The molecule has 90 valence electrons. The lowest BCUT2D eigenvalue weighted by atomic mass is 10.2. The van der Waals surface area contributed by atoms with Crippen molar-refractivity contribution in [2.75, 3.05) is 5.75 Å². The van der Waals surface area contributed by atoms with Crippen LogP contribution in [-0.4, -0.2) is 15.5 Å². The molecule has 1 heterocycles. The molecule has 0 aliphatic rings. The summed E-state index contributed by atoms with van der Waals surface area (Å²) in [6.07, 6.45) is 1.63. The molecule has 0 radical (unpaired) electrons. The van der Waals surface area contributed by atoms with Crippen LogP contribution in [0.5, 0.6) is 0 Å². The van der Waals surface area contributed by atoms with Crippen molar-refractivity contribution >= 4 is 23.4 Å². The van der Waals surface area contributed by atoms with Crippen molar-refractivity contribution in [1.29, 1.82) is 0 Å². The third-order valence-corrected chi connectivity index (χ3v) is 3.88. The van der Waals surface area contributed by atoms with Crippen molar-refractivity contribution in [2.45, 2.75) is 10.9 Å². The molecular weight excluding hydrogens is 254 g/mol. The minimum atomic E-state index is -0.111. The second kappa shape index (κ2) is 5.58. The molecule has 1 aromatic carbocycles. The highest BCUT2D eigenvalue weighted by Gasteiger charge is 2.15. The van der Waals surface area contributed by atoms with Crippen LogP contribution < -0.4 is 5.73 Å². The van der Waals surface area contributed by atoms with E-state index >= 15 is 0 Å². The first-order valence-corrected chi connectivity index (χ1v) is 6.65. The SMILES string of the molecule is Cn1ncc(Cl)c1C(N)CSc1ccccc1. The molecule has 0 spiro atoms. The van der Waals surface area contributed by atoms with Crippen LogP contribution in [0.25, 0.3) is 0 Å². The van der Waals surface area contributed by atoms with E-state index in [1.807, 2.05) is 25.2 Å². The predicted octanol–water partition coefficient (Wildman–Crippen LogP) is 2.87. The van der Waals surface area contributed by atoms with Gasteiger partial charge < -0.3 is 5.73 Å². The first-order chi connectivity index (χ1) is 8.18. The molecule has 0 saturated heterocycles. The normalized spacial score (nSPS) is 12.6. The van der Waals surface area contributed by atoms with Crippen LogP contribution in [0.2, 0.25) is 5.02 Å². The summed E-state index contributed by atoms with van der Waals surface area (Å²) in [5, 5.41) is 4.72. The summed E-state index contributed by atoms with van der Waals surface area (Å²) < 4.78 is 1.73. The van der Waals surface area contributed by atoms with E-state index in [1.165, 1.54) is 4.90 Å². The zero-order chi connectivity index (χ0) is 12.3. The summed E-state index contributed by atoms with van der Waals surface area (Å²) in [7, 11) is 1.86. The van der Waals surface area contributed by atoms with Crippen molar-refractivity contribution in [2.24, 2.45) is 12.8 Å². The number of rotatable bonds is 4. The van der Waals surface area contributed by atoms with Gasteiger partial charge in [-0.05, 0) is 12.1 Å². The largest absolute Gasteiger partial charge is 0.322 e. The molecular formula is C12H14ClN3S. The van der Waals surface area contributed by atoms with Gasteiger partial charge in [-0.2, -0.15) is 5.10 Å². The topological polar surface area (TPSA) is 43.8 Å². The van der Waals surface area contributed by atoms with E-state index in [4.69, 9.17) is 17.3 Å². The van der Waals surface area contributed by atoms with Crippen LogP contribution in [-0.2, 0) is 7.05 Å². The van der Waals surface area contributed by atoms with E-state index in [9.17, 15) is 0 Å². The third-order valence-electron chi connectivity index (χ3n) is 2.46. The number of aryl methyl sites for hydroxylation is 1. The molecule has 2 rings (SSSR count). The van der Waals surface area contributed by atoms with Crippen LogP contribution in [0.1, 0.15) is 11.7 Å². The molecule has 0 aliphatic carbocycles. The van der Waals surface area contributed by atoms with Crippen LogP contribution in [0, 0.1) is 0 Å².